The number of nitrogens with zero attached hydrogens (tertiary/aromatic N) is 2. The number of nitrogens with one attached hydrogen (secondary N) is 2. The van der Waals surface area contributed by atoms with E-state index < -0.39 is 5.91 Å². The third kappa shape index (κ3) is 4.61. The molecule has 0 saturated heterocycles. The first-order chi connectivity index (χ1) is 17.0. The summed E-state index contributed by atoms with van der Waals surface area (Å²) in [5, 5.41) is 5.16. The normalized spacial score (nSPS) is 11.4. The largest absolute Gasteiger partial charge is 0.486 e. The summed E-state index contributed by atoms with van der Waals surface area (Å²) in [4.78, 5) is 15.7. The van der Waals surface area contributed by atoms with E-state index in [0.717, 1.165) is 33.6 Å². The molecule has 2 aromatic carbocycles. The maximum atomic E-state index is 12.4. The van der Waals surface area contributed by atoms with Crippen LogP contribution in [0.15, 0.2) is 82.3 Å². The molecule has 0 saturated carbocycles. The molecule has 0 atom stereocenters. The Morgan fingerprint density at radius 3 is 2.51 bits per heavy atom. The fourth-order valence-electron chi connectivity index (χ4n) is 4.17. The average molecular weight is 467 g/mol. The van der Waals surface area contributed by atoms with Crippen molar-refractivity contribution < 1.29 is 13.9 Å². The summed E-state index contributed by atoms with van der Waals surface area (Å²) in [6, 6.07) is 23.4. The molecule has 35 heavy (non-hydrogen) atoms. The molecule has 3 heterocycles. The second-order valence-corrected chi connectivity index (χ2v) is 8.41. The second kappa shape index (κ2) is 9.38. The standard InChI is InChI=1S/C28H26N4O3/c1-18-8-9-19(2)32(18)21-10-12-22(13-11-21)34-17-23-14-15-27(35-23)28(33)31-29-16-25-20(3)30-26-7-5-4-6-24(25)26/h4-16,30H,17H2,1-3H3,(H,31,33)/b29-16+. The maximum absolute atomic E-state index is 12.4. The molecule has 0 bridgehead atoms. The predicted octanol–water partition coefficient (Wildman–Crippen LogP) is 5.82. The lowest BCUT2D eigenvalue weighted by atomic mass is 10.1. The van der Waals surface area contributed by atoms with E-state index in [1.807, 2.05) is 55.5 Å². The van der Waals surface area contributed by atoms with E-state index in [1.54, 1.807) is 18.3 Å². The minimum absolute atomic E-state index is 0.172. The van der Waals surface area contributed by atoms with Gasteiger partial charge >= 0.3 is 5.91 Å². The number of para-hydroxylation sites is 1. The lowest BCUT2D eigenvalue weighted by Crippen LogP contribution is -2.16. The number of hydrazone groups is 1. The quantitative estimate of drug-likeness (QED) is 0.234. The van der Waals surface area contributed by atoms with Crippen LogP contribution in [0.4, 0.5) is 0 Å². The van der Waals surface area contributed by atoms with Gasteiger partial charge in [0, 0.05) is 39.2 Å². The fourth-order valence-corrected chi connectivity index (χ4v) is 4.17. The number of fused-ring (bicyclic) bond motifs is 1. The van der Waals surface area contributed by atoms with Gasteiger partial charge < -0.3 is 18.7 Å². The van der Waals surface area contributed by atoms with Gasteiger partial charge in [-0.1, -0.05) is 18.2 Å². The first-order valence-corrected chi connectivity index (χ1v) is 11.4. The number of carbonyl (C=O) groups excluding carboxylic acids is 1. The molecule has 5 rings (SSSR count). The number of aryl methyl sites for hydroxylation is 3. The Bertz CT molecular complexity index is 1500. The van der Waals surface area contributed by atoms with Crippen molar-refractivity contribution in [3.05, 3.63) is 107 Å². The van der Waals surface area contributed by atoms with Crippen LogP contribution in [0.1, 0.15) is 39.0 Å². The van der Waals surface area contributed by atoms with Gasteiger partial charge in [-0.05, 0) is 75.4 Å². The fraction of sp³-hybridized carbons (Fsp3) is 0.143. The zero-order chi connectivity index (χ0) is 24.4. The highest BCUT2D eigenvalue weighted by Crippen LogP contribution is 2.21. The number of H-pyrrole nitrogens is 1. The van der Waals surface area contributed by atoms with E-state index in [0.29, 0.717) is 5.76 Å². The number of carbonyl (C=O) groups is 1. The summed E-state index contributed by atoms with van der Waals surface area (Å²) >= 11 is 0. The number of hydrogen-bond donors (Lipinski definition) is 2. The van der Waals surface area contributed by atoms with Crippen molar-refractivity contribution in [2.24, 2.45) is 5.10 Å². The van der Waals surface area contributed by atoms with Crippen LogP contribution in [0.3, 0.4) is 0 Å². The molecule has 3 aromatic heterocycles. The molecule has 0 radical (unpaired) electrons. The Hall–Kier alpha value is -4.52. The molecule has 7 nitrogen and oxygen atoms in total. The number of aromatic amines is 1. The monoisotopic (exact) mass is 466 g/mol. The molecule has 5 aromatic rings. The van der Waals surface area contributed by atoms with Crippen LogP contribution in [-0.2, 0) is 6.61 Å². The zero-order valence-electron chi connectivity index (χ0n) is 19.8. The van der Waals surface area contributed by atoms with Crippen molar-refractivity contribution in [2.45, 2.75) is 27.4 Å². The third-order valence-electron chi connectivity index (χ3n) is 5.94. The van der Waals surface area contributed by atoms with Crippen molar-refractivity contribution in [3.8, 4) is 11.4 Å². The van der Waals surface area contributed by atoms with Crippen LogP contribution in [0.25, 0.3) is 16.6 Å². The topological polar surface area (TPSA) is 84.5 Å². The summed E-state index contributed by atoms with van der Waals surface area (Å²) in [6.07, 6.45) is 1.64. The van der Waals surface area contributed by atoms with Gasteiger partial charge in [-0.3, -0.25) is 4.79 Å². The molecular formula is C28H26N4O3. The maximum Gasteiger partial charge on any atom is 0.307 e. The summed E-state index contributed by atoms with van der Waals surface area (Å²) in [7, 11) is 0. The molecular weight excluding hydrogens is 440 g/mol. The molecule has 0 aliphatic rings. The van der Waals surface area contributed by atoms with E-state index in [-0.39, 0.29) is 12.4 Å². The molecule has 2 N–H and O–H groups in total. The lowest BCUT2D eigenvalue weighted by Gasteiger charge is -2.10. The van der Waals surface area contributed by atoms with E-state index in [2.05, 4.69) is 46.1 Å². The van der Waals surface area contributed by atoms with Crippen LogP contribution in [0.2, 0.25) is 0 Å². The Kier molecular flexibility index (Phi) is 5.97. The summed E-state index contributed by atoms with van der Waals surface area (Å²) in [5.74, 6) is 1.02. The van der Waals surface area contributed by atoms with E-state index >= 15 is 0 Å². The van der Waals surface area contributed by atoms with Gasteiger partial charge in [0.25, 0.3) is 0 Å². The average Bonchev–Trinajstić information content (AvgIpc) is 3.55. The molecule has 7 heteroatoms. The lowest BCUT2D eigenvalue weighted by molar-refractivity contribution is 0.0923. The summed E-state index contributed by atoms with van der Waals surface area (Å²) in [6.45, 7) is 6.34. The van der Waals surface area contributed by atoms with Gasteiger partial charge in [-0.2, -0.15) is 5.10 Å². The van der Waals surface area contributed by atoms with Crippen molar-refractivity contribution >= 4 is 23.0 Å². The molecule has 0 aliphatic heterocycles. The van der Waals surface area contributed by atoms with Crippen molar-refractivity contribution in [1.29, 1.82) is 0 Å². The van der Waals surface area contributed by atoms with E-state index in [1.165, 1.54) is 11.4 Å². The second-order valence-electron chi connectivity index (χ2n) is 8.41. The Morgan fingerprint density at radius 1 is 1.00 bits per heavy atom. The van der Waals surface area contributed by atoms with Gasteiger partial charge in [0.15, 0.2) is 5.76 Å². The number of amides is 1. The highest BCUT2D eigenvalue weighted by atomic mass is 16.5. The molecule has 1 amide bonds. The van der Waals surface area contributed by atoms with Gasteiger partial charge in [0.05, 0.1) is 6.21 Å². The Morgan fingerprint density at radius 2 is 1.74 bits per heavy atom. The number of hydrogen-bond acceptors (Lipinski definition) is 4. The van der Waals surface area contributed by atoms with Crippen LogP contribution in [0, 0.1) is 20.8 Å². The molecule has 0 fully saturated rings. The third-order valence-corrected chi connectivity index (χ3v) is 5.94. The van der Waals surface area contributed by atoms with Gasteiger partial charge in [-0.25, -0.2) is 5.43 Å². The smallest absolute Gasteiger partial charge is 0.307 e. The number of aromatic nitrogens is 2. The first-order valence-electron chi connectivity index (χ1n) is 11.4. The Labute approximate surface area is 203 Å². The van der Waals surface area contributed by atoms with Crippen molar-refractivity contribution in [2.75, 3.05) is 0 Å². The number of rotatable bonds is 7. The minimum Gasteiger partial charge on any atom is -0.486 e. The summed E-state index contributed by atoms with van der Waals surface area (Å²) in [5.41, 5.74) is 8.90. The van der Waals surface area contributed by atoms with E-state index in [9.17, 15) is 4.79 Å². The van der Waals surface area contributed by atoms with Crippen molar-refractivity contribution in [3.63, 3.8) is 0 Å². The van der Waals surface area contributed by atoms with Gasteiger partial charge in [0.1, 0.15) is 18.1 Å². The van der Waals surface area contributed by atoms with Crippen LogP contribution in [0.5, 0.6) is 5.75 Å². The highest BCUT2D eigenvalue weighted by Gasteiger charge is 2.12. The molecule has 176 valence electrons. The predicted molar refractivity (Wildman–Crippen MR) is 136 cm³/mol. The summed E-state index contributed by atoms with van der Waals surface area (Å²) < 4.78 is 13.7. The van der Waals surface area contributed by atoms with Crippen LogP contribution < -0.4 is 10.2 Å². The van der Waals surface area contributed by atoms with Gasteiger partial charge in [-0.15, -0.1) is 0 Å². The highest BCUT2D eigenvalue weighted by molar-refractivity contribution is 6.01. The van der Waals surface area contributed by atoms with Gasteiger partial charge in [0.2, 0.25) is 0 Å². The molecule has 0 aliphatic carbocycles. The molecule has 0 spiro atoms. The first kappa shape index (κ1) is 22.3. The van der Waals surface area contributed by atoms with Crippen molar-refractivity contribution in [1.82, 2.24) is 15.0 Å². The molecule has 0 unspecified atom stereocenters. The van der Waals surface area contributed by atoms with Crippen LogP contribution in [-0.4, -0.2) is 21.7 Å². The van der Waals surface area contributed by atoms with E-state index in [4.69, 9.17) is 9.15 Å². The number of furan rings is 1. The SMILES string of the molecule is Cc1[nH]c2ccccc2c1/C=N/NC(=O)c1ccc(COc2ccc(-n3c(C)ccc3C)cc2)o1. The number of benzene rings is 2. The van der Waals surface area contributed by atoms with Crippen LogP contribution >= 0.6 is 0 Å². The number of ether oxygens (including phenoxy) is 1. The minimum atomic E-state index is -0.424. The zero-order valence-corrected chi connectivity index (χ0v) is 19.8. The Balaban J connectivity index is 1.18.